The van der Waals surface area contributed by atoms with E-state index in [0.717, 1.165) is 11.1 Å². The zero-order valence-corrected chi connectivity index (χ0v) is 15.8. The summed E-state index contributed by atoms with van der Waals surface area (Å²) in [6.45, 7) is 1.70. The number of nitrogens with zero attached hydrogens (tertiary/aromatic N) is 3. The van der Waals surface area contributed by atoms with Gasteiger partial charge in [-0.25, -0.2) is 4.21 Å². The highest BCUT2D eigenvalue weighted by molar-refractivity contribution is 7.92. The van der Waals surface area contributed by atoms with Gasteiger partial charge >= 0.3 is 0 Å². The molecule has 3 aromatic rings. The van der Waals surface area contributed by atoms with Gasteiger partial charge in [0.25, 0.3) is 5.91 Å². The number of rotatable bonds is 4. The van der Waals surface area contributed by atoms with Crippen LogP contribution in [0.15, 0.2) is 57.4 Å². The van der Waals surface area contributed by atoms with Gasteiger partial charge in [-0.1, -0.05) is 41.0 Å². The molecular formula is C18H16ClN3O3S. The van der Waals surface area contributed by atoms with E-state index in [1.54, 1.807) is 55.5 Å². The minimum Gasteiger partial charge on any atom is -0.339 e. The lowest BCUT2D eigenvalue weighted by Crippen LogP contribution is -2.06. The van der Waals surface area contributed by atoms with E-state index in [1.165, 1.54) is 6.26 Å². The molecule has 0 aliphatic heterocycles. The molecule has 0 bridgehead atoms. The summed E-state index contributed by atoms with van der Waals surface area (Å²) in [6, 6.07) is 13.6. The Hall–Kier alpha value is -2.51. The van der Waals surface area contributed by atoms with Gasteiger partial charge in [-0.15, -0.1) is 0 Å². The second-order valence-corrected chi connectivity index (χ2v) is 8.67. The van der Waals surface area contributed by atoms with Crippen molar-refractivity contribution in [3.8, 4) is 11.4 Å². The van der Waals surface area contributed by atoms with Crippen LogP contribution in [-0.2, 0) is 15.5 Å². The predicted molar refractivity (Wildman–Crippen MR) is 100 cm³/mol. The number of carbonyl (C=O) groups is 1. The summed E-state index contributed by atoms with van der Waals surface area (Å²) >= 11 is 5.84. The van der Waals surface area contributed by atoms with Crippen LogP contribution in [0, 0.1) is 6.92 Å². The largest absolute Gasteiger partial charge is 0.339 e. The number of amides is 1. The van der Waals surface area contributed by atoms with Gasteiger partial charge in [0.05, 0.1) is 15.5 Å². The van der Waals surface area contributed by atoms with Gasteiger partial charge in [0.1, 0.15) is 0 Å². The smallest absolute Gasteiger partial charge is 0.285 e. The Kier molecular flexibility index (Phi) is 5.20. The molecule has 1 aromatic heterocycles. The fourth-order valence-electron chi connectivity index (χ4n) is 2.33. The van der Waals surface area contributed by atoms with Crippen molar-refractivity contribution >= 4 is 27.2 Å². The summed E-state index contributed by atoms with van der Waals surface area (Å²) < 4.78 is 21.5. The summed E-state index contributed by atoms with van der Waals surface area (Å²) in [6.07, 6.45) is 1.47. The van der Waals surface area contributed by atoms with E-state index in [1.807, 2.05) is 0 Å². The van der Waals surface area contributed by atoms with Gasteiger partial charge in [-0.3, -0.25) is 4.79 Å². The fraction of sp³-hybridized carbons (Fsp3) is 0.167. The second kappa shape index (κ2) is 7.39. The standard InChI is InChI=1S/C18H16ClN3O3S/c1-12-20-17(21-25-12)14-5-7-15(8-6-14)18(23)22-26(2,24)11-13-3-9-16(19)10-4-13/h3-10H,11H2,1-2H3. The number of carbonyl (C=O) groups excluding carboxylic acids is 1. The number of hydrogen-bond acceptors (Lipinski definition) is 5. The first-order chi connectivity index (χ1) is 12.3. The van der Waals surface area contributed by atoms with Crippen molar-refractivity contribution in [2.24, 2.45) is 4.36 Å². The van der Waals surface area contributed by atoms with Crippen LogP contribution in [-0.4, -0.2) is 26.5 Å². The highest BCUT2D eigenvalue weighted by Gasteiger charge is 2.12. The molecule has 6 nitrogen and oxygen atoms in total. The van der Waals surface area contributed by atoms with Gasteiger partial charge < -0.3 is 4.52 Å². The lowest BCUT2D eigenvalue weighted by molar-refractivity contribution is 0.100. The van der Waals surface area contributed by atoms with Crippen molar-refractivity contribution in [1.29, 1.82) is 0 Å². The number of hydrogen-bond donors (Lipinski definition) is 0. The molecule has 1 atom stereocenters. The van der Waals surface area contributed by atoms with Crippen LogP contribution in [0.2, 0.25) is 5.02 Å². The van der Waals surface area contributed by atoms with Crippen molar-refractivity contribution in [3.63, 3.8) is 0 Å². The lowest BCUT2D eigenvalue weighted by atomic mass is 10.1. The summed E-state index contributed by atoms with van der Waals surface area (Å²) in [5.74, 6) is 0.557. The monoisotopic (exact) mass is 389 g/mol. The molecule has 0 spiro atoms. The van der Waals surface area contributed by atoms with E-state index in [4.69, 9.17) is 16.1 Å². The second-order valence-electron chi connectivity index (χ2n) is 5.84. The van der Waals surface area contributed by atoms with Crippen molar-refractivity contribution < 1.29 is 13.5 Å². The Morgan fingerprint density at radius 3 is 2.38 bits per heavy atom. The molecule has 1 heterocycles. The van der Waals surface area contributed by atoms with Crippen LogP contribution in [0.1, 0.15) is 21.8 Å². The quantitative estimate of drug-likeness (QED) is 0.669. The van der Waals surface area contributed by atoms with Crippen LogP contribution in [0.5, 0.6) is 0 Å². The lowest BCUT2D eigenvalue weighted by Gasteiger charge is -2.05. The Bertz CT molecular complexity index is 1050. The molecule has 3 rings (SSSR count). The molecule has 0 fully saturated rings. The predicted octanol–water partition coefficient (Wildman–Crippen LogP) is 4.14. The van der Waals surface area contributed by atoms with Crippen LogP contribution in [0.3, 0.4) is 0 Å². The molecule has 26 heavy (non-hydrogen) atoms. The molecule has 0 saturated heterocycles. The van der Waals surface area contributed by atoms with E-state index in [0.29, 0.717) is 22.3 Å². The van der Waals surface area contributed by atoms with E-state index in [2.05, 4.69) is 14.5 Å². The fourth-order valence-corrected chi connectivity index (χ4v) is 3.79. The molecule has 2 aromatic carbocycles. The Balaban J connectivity index is 1.78. The normalized spacial score (nSPS) is 13.2. The zero-order valence-electron chi connectivity index (χ0n) is 14.2. The first-order valence-electron chi connectivity index (χ1n) is 7.72. The molecule has 0 N–H and O–H groups in total. The van der Waals surface area contributed by atoms with E-state index < -0.39 is 15.6 Å². The average molecular weight is 390 g/mol. The third kappa shape index (κ3) is 4.56. The average Bonchev–Trinajstić information content (AvgIpc) is 3.03. The molecule has 0 aliphatic carbocycles. The number of aryl methyl sites for hydroxylation is 1. The molecule has 1 amide bonds. The molecule has 8 heteroatoms. The maximum Gasteiger partial charge on any atom is 0.285 e. The zero-order chi connectivity index (χ0) is 18.7. The number of aromatic nitrogens is 2. The molecule has 1 unspecified atom stereocenters. The molecule has 0 saturated carbocycles. The highest BCUT2D eigenvalue weighted by atomic mass is 35.5. The van der Waals surface area contributed by atoms with Crippen molar-refractivity contribution in [1.82, 2.24) is 10.1 Å². The van der Waals surface area contributed by atoms with Crippen molar-refractivity contribution in [2.75, 3.05) is 6.26 Å². The van der Waals surface area contributed by atoms with E-state index in [9.17, 15) is 9.00 Å². The Morgan fingerprint density at radius 2 is 1.81 bits per heavy atom. The molecular weight excluding hydrogens is 374 g/mol. The molecule has 0 radical (unpaired) electrons. The number of benzene rings is 2. The summed E-state index contributed by atoms with van der Waals surface area (Å²) in [5, 5.41) is 4.42. The van der Waals surface area contributed by atoms with E-state index >= 15 is 0 Å². The maximum absolute atomic E-state index is 12.7. The van der Waals surface area contributed by atoms with Gasteiger partial charge in [0.2, 0.25) is 11.7 Å². The topological polar surface area (TPSA) is 85.4 Å². The van der Waals surface area contributed by atoms with Gasteiger partial charge in [-0.05, 0) is 29.8 Å². The Morgan fingerprint density at radius 1 is 1.15 bits per heavy atom. The van der Waals surface area contributed by atoms with E-state index in [-0.39, 0.29) is 5.75 Å². The first kappa shape index (κ1) is 18.3. The minimum absolute atomic E-state index is 0.177. The molecule has 0 aliphatic rings. The highest BCUT2D eigenvalue weighted by Crippen LogP contribution is 2.18. The van der Waals surface area contributed by atoms with Crippen LogP contribution in [0.4, 0.5) is 0 Å². The minimum atomic E-state index is -2.71. The number of halogens is 1. The van der Waals surface area contributed by atoms with Crippen molar-refractivity contribution in [3.05, 3.63) is 70.6 Å². The first-order valence-corrected chi connectivity index (χ1v) is 10.2. The van der Waals surface area contributed by atoms with Gasteiger partial charge in [0, 0.05) is 29.3 Å². The third-order valence-electron chi connectivity index (χ3n) is 3.54. The van der Waals surface area contributed by atoms with Gasteiger partial charge in [-0.2, -0.15) is 9.35 Å². The van der Waals surface area contributed by atoms with Crippen LogP contribution < -0.4 is 0 Å². The maximum atomic E-state index is 12.7. The molecule has 134 valence electrons. The van der Waals surface area contributed by atoms with Crippen LogP contribution in [0.25, 0.3) is 11.4 Å². The summed E-state index contributed by atoms with van der Waals surface area (Å²) in [5.41, 5.74) is 1.87. The summed E-state index contributed by atoms with van der Waals surface area (Å²) in [4.78, 5) is 16.5. The summed E-state index contributed by atoms with van der Waals surface area (Å²) in [7, 11) is -2.71. The van der Waals surface area contributed by atoms with Crippen LogP contribution >= 0.6 is 11.6 Å². The van der Waals surface area contributed by atoms with Crippen molar-refractivity contribution in [2.45, 2.75) is 12.7 Å². The Labute approximate surface area is 156 Å². The third-order valence-corrected chi connectivity index (χ3v) is 5.21. The SMILES string of the molecule is Cc1nc(-c2ccc(C(=O)N=S(C)(=O)Cc3ccc(Cl)cc3)cc2)no1. The van der Waals surface area contributed by atoms with Gasteiger partial charge in [0.15, 0.2) is 0 Å².